The Morgan fingerprint density at radius 3 is 3.00 bits per heavy atom. The van der Waals surface area contributed by atoms with Crippen molar-refractivity contribution in [3.8, 4) is 0 Å². The van der Waals surface area contributed by atoms with Crippen LogP contribution in [0.15, 0.2) is 0 Å². The maximum Gasteiger partial charge on any atom is 0.325 e. The first-order chi connectivity index (χ1) is 5.26. The second kappa shape index (κ2) is 2.21. The summed E-state index contributed by atoms with van der Waals surface area (Å²) in [6, 6.07) is 0.280. The standard InChI is InChI=1S/C8H13NO2/c10-7(11)8-5-3-1-2-4-6(8)9-8/h6,9H,1-5H2,(H,10,11). The monoisotopic (exact) mass is 155 g/mol. The summed E-state index contributed by atoms with van der Waals surface area (Å²) in [4.78, 5) is 10.8. The minimum absolute atomic E-state index is 0.280. The number of hydrogen-bond acceptors (Lipinski definition) is 2. The van der Waals surface area contributed by atoms with Gasteiger partial charge >= 0.3 is 5.97 Å². The molecule has 2 aliphatic rings. The first-order valence-corrected chi connectivity index (χ1v) is 4.27. The SMILES string of the molecule is O=C(O)C12CCCCCC1N2. The highest BCUT2D eigenvalue weighted by Crippen LogP contribution is 2.38. The lowest BCUT2D eigenvalue weighted by Gasteiger charge is -2.05. The van der Waals surface area contributed by atoms with E-state index in [-0.39, 0.29) is 6.04 Å². The zero-order valence-corrected chi connectivity index (χ0v) is 6.47. The van der Waals surface area contributed by atoms with Crippen LogP contribution in [0.1, 0.15) is 32.1 Å². The molecule has 1 aliphatic heterocycles. The second-order valence-electron chi connectivity index (χ2n) is 3.57. The van der Waals surface area contributed by atoms with E-state index >= 15 is 0 Å². The Kier molecular flexibility index (Phi) is 1.42. The molecule has 1 saturated carbocycles. The Balaban J connectivity index is 2.10. The van der Waals surface area contributed by atoms with E-state index in [1.807, 2.05) is 0 Å². The molecule has 1 aliphatic carbocycles. The summed E-state index contributed by atoms with van der Waals surface area (Å²) >= 11 is 0. The van der Waals surface area contributed by atoms with Crippen molar-refractivity contribution in [2.75, 3.05) is 0 Å². The van der Waals surface area contributed by atoms with Crippen molar-refractivity contribution < 1.29 is 9.90 Å². The minimum Gasteiger partial charge on any atom is -0.480 e. The molecule has 0 aromatic rings. The summed E-state index contributed by atoms with van der Waals surface area (Å²) in [7, 11) is 0. The van der Waals surface area contributed by atoms with Crippen LogP contribution in [0.25, 0.3) is 0 Å². The highest BCUT2D eigenvalue weighted by Gasteiger charge is 2.59. The van der Waals surface area contributed by atoms with Crippen molar-refractivity contribution in [3.63, 3.8) is 0 Å². The molecule has 2 atom stereocenters. The number of rotatable bonds is 1. The summed E-state index contributed by atoms with van der Waals surface area (Å²) in [5.74, 6) is -0.649. The summed E-state index contributed by atoms with van der Waals surface area (Å²) in [6.45, 7) is 0. The van der Waals surface area contributed by atoms with Crippen molar-refractivity contribution in [1.82, 2.24) is 5.32 Å². The highest BCUT2D eigenvalue weighted by molar-refractivity contribution is 5.84. The van der Waals surface area contributed by atoms with E-state index in [2.05, 4.69) is 5.32 Å². The van der Waals surface area contributed by atoms with Crippen LogP contribution in [-0.4, -0.2) is 22.7 Å². The average Bonchev–Trinajstić information content (AvgIpc) is 2.57. The summed E-state index contributed by atoms with van der Waals surface area (Å²) < 4.78 is 0. The lowest BCUT2D eigenvalue weighted by Crippen LogP contribution is -2.28. The van der Waals surface area contributed by atoms with Gasteiger partial charge in [-0.15, -0.1) is 0 Å². The molecular weight excluding hydrogens is 142 g/mol. The molecule has 1 saturated heterocycles. The largest absolute Gasteiger partial charge is 0.480 e. The van der Waals surface area contributed by atoms with Crippen LogP contribution in [0.2, 0.25) is 0 Å². The van der Waals surface area contributed by atoms with Gasteiger partial charge in [0.05, 0.1) is 0 Å². The third-order valence-corrected chi connectivity index (χ3v) is 2.89. The molecule has 2 fully saturated rings. The van der Waals surface area contributed by atoms with Crippen LogP contribution in [-0.2, 0) is 4.79 Å². The quantitative estimate of drug-likeness (QED) is 0.549. The predicted molar refractivity (Wildman–Crippen MR) is 40.4 cm³/mol. The van der Waals surface area contributed by atoms with Crippen LogP contribution in [0, 0.1) is 0 Å². The summed E-state index contributed by atoms with van der Waals surface area (Å²) in [5.41, 5.74) is -0.503. The Hall–Kier alpha value is -0.570. The van der Waals surface area contributed by atoms with Crippen LogP contribution < -0.4 is 5.32 Å². The maximum absolute atomic E-state index is 10.8. The van der Waals surface area contributed by atoms with E-state index in [1.165, 1.54) is 12.8 Å². The lowest BCUT2D eigenvalue weighted by molar-refractivity contribution is -0.140. The van der Waals surface area contributed by atoms with E-state index in [1.54, 1.807) is 0 Å². The van der Waals surface area contributed by atoms with Crippen molar-refractivity contribution in [3.05, 3.63) is 0 Å². The van der Waals surface area contributed by atoms with Crippen molar-refractivity contribution in [2.24, 2.45) is 0 Å². The molecule has 0 radical (unpaired) electrons. The molecule has 62 valence electrons. The molecule has 1 heterocycles. The predicted octanol–water partition coefficient (Wildman–Crippen LogP) is 0.746. The van der Waals surface area contributed by atoms with Gasteiger partial charge in [-0.2, -0.15) is 0 Å². The van der Waals surface area contributed by atoms with Gasteiger partial charge in [-0.1, -0.05) is 19.3 Å². The zero-order chi connectivity index (χ0) is 7.90. The van der Waals surface area contributed by atoms with Crippen molar-refractivity contribution in [2.45, 2.75) is 43.7 Å². The fourth-order valence-electron chi connectivity index (χ4n) is 2.08. The Morgan fingerprint density at radius 2 is 2.27 bits per heavy atom. The highest BCUT2D eigenvalue weighted by atomic mass is 16.4. The van der Waals surface area contributed by atoms with Crippen LogP contribution in [0.3, 0.4) is 0 Å². The Morgan fingerprint density at radius 1 is 1.45 bits per heavy atom. The van der Waals surface area contributed by atoms with Gasteiger partial charge in [-0.05, 0) is 12.8 Å². The lowest BCUT2D eigenvalue weighted by atomic mass is 10.0. The minimum atomic E-state index is -0.649. The molecule has 0 bridgehead atoms. The maximum atomic E-state index is 10.8. The molecule has 11 heavy (non-hydrogen) atoms. The van der Waals surface area contributed by atoms with Gasteiger partial charge in [0.2, 0.25) is 0 Å². The molecule has 2 rings (SSSR count). The number of hydrogen-bond donors (Lipinski definition) is 2. The molecule has 2 unspecified atom stereocenters. The zero-order valence-electron chi connectivity index (χ0n) is 6.47. The summed E-state index contributed by atoms with van der Waals surface area (Å²) in [6.07, 6.45) is 5.33. The van der Waals surface area contributed by atoms with Crippen LogP contribution in [0.4, 0.5) is 0 Å². The normalized spacial score (nSPS) is 42.4. The van der Waals surface area contributed by atoms with Gasteiger partial charge in [0.1, 0.15) is 5.54 Å². The number of carboxylic acid groups (broad SMARTS) is 1. The van der Waals surface area contributed by atoms with Gasteiger partial charge in [0.25, 0.3) is 0 Å². The molecule has 3 heteroatoms. The number of nitrogens with one attached hydrogen (secondary N) is 1. The van der Waals surface area contributed by atoms with E-state index in [0.29, 0.717) is 0 Å². The van der Waals surface area contributed by atoms with Gasteiger partial charge in [0, 0.05) is 6.04 Å². The average molecular weight is 155 g/mol. The molecule has 0 amide bonds. The molecule has 2 N–H and O–H groups in total. The van der Waals surface area contributed by atoms with Gasteiger partial charge in [-0.3, -0.25) is 10.1 Å². The van der Waals surface area contributed by atoms with E-state index in [0.717, 1.165) is 19.3 Å². The topological polar surface area (TPSA) is 59.2 Å². The van der Waals surface area contributed by atoms with E-state index in [9.17, 15) is 4.79 Å². The Labute approximate surface area is 65.8 Å². The number of carboxylic acids is 1. The molecule has 0 aromatic heterocycles. The smallest absolute Gasteiger partial charge is 0.325 e. The first kappa shape index (κ1) is 7.10. The molecule has 0 aromatic carbocycles. The van der Waals surface area contributed by atoms with Crippen molar-refractivity contribution >= 4 is 5.97 Å². The van der Waals surface area contributed by atoms with Gasteiger partial charge in [0.15, 0.2) is 0 Å². The first-order valence-electron chi connectivity index (χ1n) is 4.27. The second-order valence-corrected chi connectivity index (χ2v) is 3.57. The Bertz CT molecular complexity index is 193. The van der Waals surface area contributed by atoms with E-state index in [4.69, 9.17) is 5.11 Å². The number of aliphatic carboxylic acids is 1. The molecule has 3 nitrogen and oxygen atoms in total. The van der Waals surface area contributed by atoms with Gasteiger partial charge < -0.3 is 5.11 Å². The van der Waals surface area contributed by atoms with Gasteiger partial charge in [-0.25, -0.2) is 0 Å². The molecular formula is C8H13NO2. The van der Waals surface area contributed by atoms with Crippen molar-refractivity contribution in [1.29, 1.82) is 0 Å². The fraction of sp³-hybridized carbons (Fsp3) is 0.875. The molecule has 0 spiro atoms. The third kappa shape index (κ3) is 0.948. The number of fused-ring (bicyclic) bond motifs is 1. The van der Waals surface area contributed by atoms with Crippen LogP contribution >= 0.6 is 0 Å². The third-order valence-electron chi connectivity index (χ3n) is 2.89. The number of carbonyl (C=O) groups is 1. The fourth-order valence-corrected chi connectivity index (χ4v) is 2.08. The van der Waals surface area contributed by atoms with Crippen LogP contribution in [0.5, 0.6) is 0 Å². The van der Waals surface area contributed by atoms with E-state index < -0.39 is 11.5 Å². The summed E-state index contributed by atoms with van der Waals surface area (Å²) in [5, 5.41) is 12.0.